The Balaban J connectivity index is 2.05. The quantitative estimate of drug-likeness (QED) is 0.848. The molecule has 0 spiro atoms. The molecule has 1 saturated heterocycles. The molecule has 1 fully saturated rings. The van der Waals surface area contributed by atoms with Gasteiger partial charge < -0.3 is 9.30 Å². The summed E-state index contributed by atoms with van der Waals surface area (Å²) >= 11 is 0. The molecule has 0 saturated carbocycles. The summed E-state index contributed by atoms with van der Waals surface area (Å²) in [5.74, 6) is 1.63. The Bertz CT molecular complexity index is 556. The van der Waals surface area contributed by atoms with Crippen LogP contribution in [-0.2, 0) is 11.3 Å². The van der Waals surface area contributed by atoms with Gasteiger partial charge in [0.2, 0.25) is 0 Å². The van der Waals surface area contributed by atoms with Crippen LogP contribution in [-0.4, -0.2) is 21.1 Å². The van der Waals surface area contributed by atoms with E-state index in [4.69, 9.17) is 9.72 Å². The van der Waals surface area contributed by atoms with Crippen molar-refractivity contribution in [3.8, 4) is 0 Å². The van der Waals surface area contributed by atoms with Crippen LogP contribution < -0.4 is 0 Å². The number of fused-ring (bicyclic) bond motifs is 1. The fraction of sp³-hybridized carbons (Fsp3) is 0.600. The molecule has 1 atom stereocenters. The van der Waals surface area contributed by atoms with Gasteiger partial charge in [-0.15, -0.1) is 0 Å². The van der Waals surface area contributed by atoms with Crippen LogP contribution in [0.5, 0.6) is 0 Å². The molecule has 2 aromatic heterocycles. The average Bonchev–Trinajstić information content (AvgIpc) is 2.78. The second-order valence-electron chi connectivity index (χ2n) is 5.68. The summed E-state index contributed by atoms with van der Waals surface area (Å²) in [6.07, 6.45) is 5.44. The summed E-state index contributed by atoms with van der Waals surface area (Å²) in [5.41, 5.74) is 1.97. The van der Waals surface area contributed by atoms with Gasteiger partial charge in [0.1, 0.15) is 17.4 Å². The largest absolute Gasteiger partial charge is 0.370 e. The van der Waals surface area contributed by atoms with E-state index in [0.29, 0.717) is 5.92 Å². The molecule has 102 valence electrons. The number of hydrogen-bond acceptors (Lipinski definition) is 3. The van der Waals surface area contributed by atoms with Gasteiger partial charge in [-0.1, -0.05) is 13.8 Å². The van der Waals surface area contributed by atoms with Crippen molar-refractivity contribution in [3.05, 3.63) is 24.2 Å². The summed E-state index contributed by atoms with van der Waals surface area (Å²) in [6, 6.07) is 3.98. The molecule has 0 amide bonds. The Labute approximate surface area is 113 Å². The molecular formula is C15H21N3O. The highest BCUT2D eigenvalue weighted by Crippen LogP contribution is 2.29. The average molecular weight is 259 g/mol. The lowest BCUT2D eigenvalue weighted by Crippen LogP contribution is -2.18. The zero-order valence-corrected chi connectivity index (χ0v) is 11.7. The van der Waals surface area contributed by atoms with Crippen molar-refractivity contribution in [2.24, 2.45) is 5.92 Å². The molecule has 3 rings (SSSR count). The summed E-state index contributed by atoms with van der Waals surface area (Å²) in [4.78, 5) is 9.26. The highest BCUT2D eigenvalue weighted by molar-refractivity contribution is 5.71. The summed E-state index contributed by atoms with van der Waals surface area (Å²) in [6.45, 7) is 6.24. The Hall–Kier alpha value is -1.42. The summed E-state index contributed by atoms with van der Waals surface area (Å²) < 4.78 is 8.15. The Morgan fingerprint density at radius 3 is 3.05 bits per heavy atom. The second-order valence-corrected chi connectivity index (χ2v) is 5.68. The monoisotopic (exact) mass is 259 g/mol. The fourth-order valence-corrected chi connectivity index (χ4v) is 2.71. The van der Waals surface area contributed by atoms with E-state index in [9.17, 15) is 0 Å². The van der Waals surface area contributed by atoms with Crippen molar-refractivity contribution in [1.82, 2.24) is 14.5 Å². The van der Waals surface area contributed by atoms with Crippen molar-refractivity contribution >= 4 is 11.2 Å². The van der Waals surface area contributed by atoms with Crippen molar-refractivity contribution < 1.29 is 4.74 Å². The number of imidazole rings is 1. The van der Waals surface area contributed by atoms with Crippen LogP contribution in [0.15, 0.2) is 18.3 Å². The van der Waals surface area contributed by atoms with Crippen LogP contribution in [0, 0.1) is 5.92 Å². The molecule has 1 unspecified atom stereocenters. The minimum absolute atomic E-state index is 0.140. The molecule has 0 aromatic carbocycles. The van der Waals surface area contributed by atoms with E-state index in [-0.39, 0.29) is 6.10 Å². The molecule has 2 aromatic rings. The number of rotatable bonds is 3. The molecule has 0 aliphatic carbocycles. The van der Waals surface area contributed by atoms with E-state index in [1.807, 2.05) is 18.3 Å². The Morgan fingerprint density at radius 1 is 1.42 bits per heavy atom. The molecule has 4 heteroatoms. The fourth-order valence-electron chi connectivity index (χ4n) is 2.71. The maximum absolute atomic E-state index is 5.90. The standard InChI is InChI=1S/C15H21N3O/c1-11(2)10-18-14-12(6-5-8-16-14)17-15(18)13-7-3-4-9-19-13/h5-6,8,11,13H,3-4,7,9-10H2,1-2H3. The van der Waals surface area contributed by atoms with Gasteiger partial charge in [-0.2, -0.15) is 0 Å². The molecular weight excluding hydrogens is 238 g/mol. The van der Waals surface area contributed by atoms with Crippen LogP contribution >= 0.6 is 0 Å². The molecule has 4 nitrogen and oxygen atoms in total. The summed E-state index contributed by atoms with van der Waals surface area (Å²) in [7, 11) is 0. The third kappa shape index (κ3) is 2.50. The van der Waals surface area contributed by atoms with Crippen LogP contribution in [0.25, 0.3) is 11.2 Å². The molecule has 0 N–H and O–H groups in total. The molecule has 0 radical (unpaired) electrons. The van der Waals surface area contributed by atoms with Crippen LogP contribution in [0.3, 0.4) is 0 Å². The third-order valence-corrected chi connectivity index (χ3v) is 3.55. The van der Waals surface area contributed by atoms with Crippen LogP contribution in [0.1, 0.15) is 45.0 Å². The molecule has 0 bridgehead atoms. The highest BCUT2D eigenvalue weighted by Gasteiger charge is 2.23. The number of ether oxygens (including phenoxy) is 1. The summed E-state index contributed by atoms with van der Waals surface area (Å²) in [5, 5.41) is 0. The topological polar surface area (TPSA) is 39.9 Å². The van der Waals surface area contributed by atoms with Gasteiger partial charge in [-0.05, 0) is 37.3 Å². The smallest absolute Gasteiger partial charge is 0.160 e. The SMILES string of the molecule is CC(C)Cn1c(C2CCCCO2)nc2cccnc21. The van der Waals surface area contributed by atoms with Gasteiger partial charge in [0.15, 0.2) is 5.65 Å². The number of hydrogen-bond donors (Lipinski definition) is 0. The van der Waals surface area contributed by atoms with E-state index >= 15 is 0 Å². The van der Waals surface area contributed by atoms with Gasteiger partial charge in [0.05, 0.1) is 0 Å². The van der Waals surface area contributed by atoms with Crippen LogP contribution in [0.2, 0.25) is 0 Å². The van der Waals surface area contributed by atoms with E-state index in [1.54, 1.807) is 0 Å². The zero-order valence-electron chi connectivity index (χ0n) is 11.7. The first-order valence-corrected chi connectivity index (χ1v) is 7.18. The van der Waals surface area contributed by atoms with Crippen LogP contribution in [0.4, 0.5) is 0 Å². The van der Waals surface area contributed by atoms with E-state index in [1.165, 1.54) is 12.8 Å². The number of aromatic nitrogens is 3. The van der Waals surface area contributed by atoms with Crippen molar-refractivity contribution in [2.45, 2.75) is 45.8 Å². The predicted molar refractivity (Wildman–Crippen MR) is 74.9 cm³/mol. The second kappa shape index (κ2) is 5.29. The van der Waals surface area contributed by atoms with Gasteiger partial charge in [-0.3, -0.25) is 0 Å². The lowest BCUT2D eigenvalue weighted by Gasteiger charge is -2.23. The molecule has 1 aliphatic heterocycles. The van der Waals surface area contributed by atoms with Gasteiger partial charge in [-0.25, -0.2) is 9.97 Å². The molecule has 3 heterocycles. The lowest BCUT2D eigenvalue weighted by molar-refractivity contribution is 0.00733. The Kier molecular flexibility index (Phi) is 3.51. The van der Waals surface area contributed by atoms with E-state index < -0.39 is 0 Å². The van der Waals surface area contributed by atoms with E-state index in [2.05, 4.69) is 23.4 Å². The van der Waals surface area contributed by atoms with Gasteiger partial charge >= 0.3 is 0 Å². The lowest BCUT2D eigenvalue weighted by atomic mass is 10.1. The van der Waals surface area contributed by atoms with Crippen molar-refractivity contribution in [1.29, 1.82) is 0 Å². The van der Waals surface area contributed by atoms with Crippen molar-refractivity contribution in [2.75, 3.05) is 6.61 Å². The minimum Gasteiger partial charge on any atom is -0.370 e. The van der Waals surface area contributed by atoms with Gasteiger partial charge in [0, 0.05) is 19.3 Å². The van der Waals surface area contributed by atoms with Crippen molar-refractivity contribution in [3.63, 3.8) is 0 Å². The normalized spacial score (nSPS) is 20.3. The maximum Gasteiger partial charge on any atom is 0.160 e. The Morgan fingerprint density at radius 2 is 2.32 bits per heavy atom. The predicted octanol–water partition coefficient (Wildman–Crippen LogP) is 3.33. The molecule has 19 heavy (non-hydrogen) atoms. The van der Waals surface area contributed by atoms with E-state index in [0.717, 1.165) is 36.6 Å². The first-order valence-electron chi connectivity index (χ1n) is 7.18. The first kappa shape index (κ1) is 12.6. The first-order chi connectivity index (χ1) is 9.25. The minimum atomic E-state index is 0.140. The van der Waals surface area contributed by atoms with Gasteiger partial charge in [0.25, 0.3) is 0 Å². The number of nitrogens with zero attached hydrogens (tertiary/aromatic N) is 3. The number of pyridine rings is 1. The zero-order chi connectivity index (χ0) is 13.2. The molecule has 1 aliphatic rings. The maximum atomic E-state index is 5.90. The third-order valence-electron chi connectivity index (χ3n) is 3.55. The highest BCUT2D eigenvalue weighted by atomic mass is 16.5.